The van der Waals surface area contributed by atoms with Crippen molar-refractivity contribution in [2.24, 2.45) is 0 Å². The van der Waals surface area contributed by atoms with E-state index < -0.39 is 23.7 Å². The number of carbonyl (C=O) groups excluding carboxylic acids is 1. The molecule has 0 aliphatic carbocycles. The third-order valence-corrected chi connectivity index (χ3v) is 6.73. The van der Waals surface area contributed by atoms with Gasteiger partial charge in [-0.2, -0.15) is 0 Å². The van der Waals surface area contributed by atoms with Crippen molar-refractivity contribution in [2.45, 2.75) is 13.1 Å². The van der Waals surface area contributed by atoms with Crippen molar-refractivity contribution in [1.82, 2.24) is 9.13 Å². The number of fused-ring (bicyclic) bond motifs is 1. The van der Waals surface area contributed by atoms with E-state index in [2.05, 4.69) is 5.32 Å². The van der Waals surface area contributed by atoms with E-state index in [1.807, 2.05) is 0 Å². The SMILES string of the molecule is COc1cc(OC)c(NC(=O)Cn2c(=O)n(Cc3ccccc3Cl)c(=O)c3cc(OC)c(OC)cc32)cc1Cl. The van der Waals surface area contributed by atoms with E-state index in [9.17, 15) is 14.4 Å². The molecular weight excluding hydrogens is 549 g/mol. The van der Waals surface area contributed by atoms with Gasteiger partial charge in [-0.25, -0.2) is 4.79 Å². The molecule has 0 spiro atoms. The molecule has 0 aliphatic rings. The minimum Gasteiger partial charge on any atom is -0.495 e. The Kier molecular flexibility index (Phi) is 8.37. The fourth-order valence-corrected chi connectivity index (χ4v) is 4.56. The quantitative estimate of drug-likeness (QED) is 0.319. The van der Waals surface area contributed by atoms with Crippen LogP contribution >= 0.6 is 23.2 Å². The molecule has 39 heavy (non-hydrogen) atoms. The highest BCUT2D eigenvalue weighted by molar-refractivity contribution is 6.32. The molecule has 0 atom stereocenters. The molecule has 3 aromatic carbocycles. The Bertz CT molecular complexity index is 1680. The highest BCUT2D eigenvalue weighted by Crippen LogP contribution is 2.36. The Morgan fingerprint density at radius 2 is 1.44 bits per heavy atom. The maximum Gasteiger partial charge on any atom is 0.332 e. The molecule has 0 saturated carbocycles. The van der Waals surface area contributed by atoms with Crippen molar-refractivity contribution in [2.75, 3.05) is 33.8 Å². The van der Waals surface area contributed by atoms with E-state index >= 15 is 0 Å². The van der Waals surface area contributed by atoms with Gasteiger partial charge in [0.2, 0.25) is 5.91 Å². The van der Waals surface area contributed by atoms with Gasteiger partial charge < -0.3 is 24.3 Å². The van der Waals surface area contributed by atoms with Crippen LogP contribution < -0.4 is 35.5 Å². The lowest BCUT2D eigenvalue weighted by Crippen LogP contribution is -2.42. The van der Waals surface area contributed by atoms with Gasteiger partial charge in [-0.15, -0.1) is 0 Å². The van der Waals surface area contributed by atoms with Crippen molar-refractivity contribution < 1.29 is 23.7 Å². The van der Waals surface area contributed by atoms with E-state index in [4.69, 9.17) is 42.1 Å². The fourth-order valence-electron chi connectivity index (χ4n) is 4.12. The van der Waals surface area contributed by atoms with Crippen molar-refractivity contribution in [1.29, 1.82) is 0 Å². The maximum absolute atomic E-state index is 13.7. The zero-order valence-electron chi connectivity index (χ0n) is 21.5. The summed E-state index contributed by atoms with van der Waals surface area (Å²) in [6, 6.07) is 12.8. The number of carbonyl (C=O) groups is 1. The fraction of sp³-hybridized carbons (Fsp3) is 0.222. The maximum atomic E-state index is 13.7. The number of nitrogens with one attached hydrogen (secondary N) is 1. The molecule has 1 N–H and O–H groups in total. The molecule has 0 bridgehead atoms. The average Bonchev–Trinajstić information content (AvgIpc) is 2.93. The van der Waals surface area contributed by atoms with Crippen molar-refractivity contribution in [3.05, 3.63) is 85.0 Å². The summed E-state index contributed by atoms with van der Waals surface area (Å²) in [6.45, 7) is -0.550. The number of methoxy groups -OCH3 is 4. The van der Waals surface area contributed by atoms with Crippen LogP contribution in [0.1, 0.15) is 5.56 Å². The lowest BCUT2D eigenvalue weighted by Gasteiger charge is -2.17. The molecule has 4 aromatic rings. The first-order valence-electron chi connectivity index (χ1n) is 11.6. The predicted molar refractivity (Wildman–Crippen MR) is 149 cm³/mol. The number of aromatic nitrogens is 2. The largest absolute Gasteiger partial charge is 0.495 e. The summed E-state index contributed by atoms with van der Waals surface area (Å²) in [5.41, 5.74) is -0.264. The number of ether oxygens (including phenoxy) is 4. The number of anilines is 1. The second-order valence-corrected chi connectivity index (χ2v) is 9.13. The Labute approximate surface area is 233 Å². The van der Waals surface area contributed by atoms with Crippen LogP contribution in [0, 0.1) is 0 Å². The zero-order valence-corrected chi connectivity index (χ0v) is 23.1. The molecule has 4 rings (SSSR count). The molecular formula is C27H25Cl2N3O7. The molecule has 0 aliphatic heterocycles. The van der Waals surface area contributed by atoms with Crippen LogP contribution in [0.15, 0.2) is 58.1 Å². The Hall–Kier alpha value is -4.15. The highest BCUT2D eigenvalue weighted by Gasteiger charge is 2.20. The number of nitrogens with zero attached hydrogens (tertiary/aromatic N) is 2. The first-order chi connectivity index (χ1) is 18.7. The molecule has 1 heterocycles. The molecule has 0 unspecified atom stereocenters. The summed E-state index contributed by atoms with van der Waals surface area (Å²) < 4.78 is 23.5. The summed E-state index contributed by atoms with van der Waals surface area (Å²) in [7, 11) is 5.75. The number of rotatable bonds is 9. The second-order valence-electron chi connectivity index (χ2n) is 8.31. The van der Waals surface area contributed by atoms with E-state index in [0.29, 0.717) is 27.8 Å². The van der Waals surface area contributed by atoms with Gasteiger partial charge in [0.1, 0.15) is 18.0 Å². The molecule has 10 nitrogen and oxygen atoms in total. The summed E-state index contributed by atoms with van der Waals surface area (Å²) in [5.74, 6) is 0.665. The van der Waals surface area contributed by atoms with E-state index in [0.717, 1.165) is 4.57 Å². The standard InChI is InChI=1S/C27H25Cl2N3O7/c1-36-21-12-22(37-2)19(10-18(21)29)30-25(33)14-31-20-11-24(39-4)23(38-3)9-16(20)26(34)32(27(31)35)13-15-7-5-6-8-17(15)28/h5-12H,13-14H2,1-4H3,(H,30,33). The van der Waals surface area contributed by atoms with Crippen molar-refractivity contribution >= 4 is 45.7 Å². The number of benzene rings is 3. The van der Waals surface area contributed by atoms with Crippen LogP contribution in [-0.2, 0) is 17.9 Å². The minimum absolute atomic E-state index is 0.106. The molecule has 1 amide bonds. The molecule has 0 saturated heterocycles. The zero-order chi connectivity index (χ0) is 28.3. The van der Waals surface area contributed by atoms with Crippen LogP contribution in [0.2, 0.25) is 10.0 Å². The lowest BCUT2D eigenvalue weighted by molar-refractivity contribution is -0.116. The van der Waals surface area contributed by atoms with Crippen molar-refractivity contribution in [3.63, 3.8) is 0 Å². The van der Waals surface area contributed by atoms with Gasteiger partial charge in [0.15, 0.2) is 11.5 Å². The van der Waals surface area contributed by atoms with Gasteiger partial charge in [-0.3, -0.25) is 18.7 Å². The third-order valence-electron chi connectivity index (χ3n) is 6.07. The number of halogens is 2. The topological polar surface area (TPSA) is 110 Å². The normalized spacial score (nSPS) is 10.8. The van der Waals surface area contributed by atoms with Crippen LogP contribution in [0.3, 0.4) is 0 Å². The van der Waals surface area contributed by atoms with Crippen LogP contribution in [0.25, 0.3) is 10.9 Å². The highest BCUT2D eigenvalue weighted by atomic mass is 35.5. The molecule has 0 fully saturated rings. The summed E-state index contributed by atoms with van der Waals surface area (Å²) in [6.07, 6.45) is 0. The van der Waals surface area contributed by atoms with Gasteiger partial charge in [-0.05, 0) is 23.8 Å². The van der Waals surface area contributed by atoms with Crippen LogP contribution in [0.4, 0.5) is 5.69 Å². The first kappa shape index (κ1) is 27.9. The lowest BCUT2D eigenvalue weighted by atomic mass is 10.2. The van der Waals surface area contributed by atoms with Gasteiger partial charge in [0.05, 0.1) is 56.6 Å². The van der Waals surface area contributed by atoms with Gasteiger partial charge >= 0.3 is 5.69 Å². The van der Waals surface area contributed by atoms with Gasteiger partial charge in [-0.1, -0.05) is 41.4 Å². The summed E-state index contributed by atoms with van der Waals surface area (Å²) in [5, 5.41) is 3.50. The van der Waals surface area contributed by atoms with Gasteiger partial charge in [0.25, 0.3) is 5.56 Å². The van der Waals surface area contributed by atoms with Crippen LogP contribution in [-0.4, -0.2) is 43.5 Å². The monoisotopic (exact) mass is 573 g/mol. The van der Waals surface area contributed by atoms with Crippen LogP contribution in [0.5, 0.6) is 23.0 Å². The number of hydrogen-bond acceptors (Lipinski definition) is 7. The summed E-state index contributed by atoms with van der Waals surface area (Å²) in [4.78, 5) is 40.4. The molecule has 1 aromatic heterocycles. The third kappa shape index (κ3) is 5.52. The Morgan fingerprint density at radius 1 is 0.795 bits per heavy atom. The first-order valence-corrected chi connectivity index (χ1v) is 12.3. The predicted octanol–water partition coefficient (Wildman–Crippen LogP) is 4.19. The molecule has 0 radical (unpaired) electrons. The Morgan fingerprint density at radius 3 is 2.08 bits per heavy atom. The average molecular weight is 574 g/mol. The summed E-state index contributed by atoms with van der Waals surface area (Å²) >= 11 is 12.5. The van der Waals surface area contributed by atoms with Gasteiger partial charge in [0, 0.05) is 17.2 Å². The molecule has 12 heteroatoms. The molecule has 204 valence electrons. The minimum atomic E-state index is -0.713. The Balaban J connectivity index is 1.85. The van der Waals surface area contributed by atoms with E-state index in [1.165, 1.54) is 57.3 Å². The van der Waals surface area contributed by atoms with Crippen molar-refractivity contribution in [3.8, 4) is 23.0 Å². The second kappa shape index (κ2) is 11.7. The number of hydrogen-bond donors (Lipinski definition) is 1. The number of amides is 1. The van der Waals surface area contributed by atoms with E-state index in [1.54, 1.807) is 24.3 Å². The van der Waals surface area contributed by atoms with E-state index in [-0.39, 0.29) is 33.9 Å². The smallest absolute Gasteiger partial charge is 0.332 e.